The summed E-state index contributed by atoms with van der Waals surface area (Å²) >= 11 is 1.14. The zero-order valence-electron chi connectivity index (χ0n) is 14.2. The van der Waals surface area contributed by atoms with E-state index in [1.165, 1.54) is 13.2 Å². The van der Waals surface area contributed by atoms with Gasteiger partial charge in [-0.15, -0.1) is 11.3 Å². The van der Waals surface area contributed by atoms with Crippen molar-refractivity contribution >= 4 is 23.2 Å². The number of hydrogen-bond donors (Lipinski definition) is 2. The van der Waals surface area contributed by atoms with Gasteiger partial charge in [0.15, 0.2) is 11.5 Å². The van der Waals surface area contributed by atoms with E-state index in [9.17, 15) is 9.59 Å². The lowest BCUT2D eigenvalue weighted by Gasteiger charge is -2.12. The summed E-state index contributed by atoms with van der Waals surface area (Å²) in [7, 11) is 1.53. The van der Waals surface area contributed by atoms with Crippen molar-refractivity contribution in [1.29, 1.82) is 0 Å². The van der Waals surface area contributed by atoms with Crippen molar-refractivity contribution in [2.75, 3.05) is 13.7 Å². The van der Waals surface area contributed by atoms with Crippen LogP contribution in [0.3, 0.4) is 0 Å². The first-order valence-electron chi connectivity index (χ1n) is 7.96. The van der Waals surface area contributed by atoms with Crippen LogP contribution < -0.4 is 14.8 Å². The fourth-order valence-corrected chi connectivity index (χ4v) is 2.90. The molecule has 134 valence electrons. The quantitative estimate of drug-likeness (QED) is 0.666. The molecular formula is C18H21NO5S. The van der Waals surface area contributed by atoms with Crippen LogP contribution in [-0.2, 0) is 6.54 Å². The van der Waals surface area contributed by atoms with Gasteiger partial charge in [-0.05, 0) is 36.8 Å². The normalized spacial score (nSPS) is 10.3. The zero-order valence-corrected chi connectivity index (χ0v) is 15.0. The molecule has 0 aliphatic heterocycles. The van der Waals surface area contributed by atoms with E-state index in [1.807, 2.05) is 0 Å². The van der Waals surface area contributed by atoms with Gasteiger partial charge < -0.3 is 19.9 Å². The van der Waals surface area contributed by atoms with Crippen LogP contribution in [0.1, 0.15) is 44.7 Å². The standard InChI is InChI=1S/C18H21NO5S/c1-3-4-9-24-14-7-5-12(10-15(14)23-2)17(20)19-11-13-6-8-16(25-13)18(21)22/h5-8,10H,3-4,9,11H2,1-2H3,(H,19,20)(H,21,22). The van der Waals surface area contributed by atoms with E-state index < -0.39 is 5.97 Å². The molecule has 0 spiro atoms. The molecule has 0 unspecified atom stereocenters. The average molecular weight is 363 g/mol. The number of amides is 1. The Kier molecular flexibility index (Phi) is 6.82. The Morgan fingerprint density at radius 2 is 2.00 bits per heavy atom. The monoisotopic (exact) mass is 363 g/mol. The summed E-state index contributed by atoms with van der Waals surface area (Å²) in [5, 5.41) is 11.7. The number of aromatic carboxylic acids is 1. The number of carboxylic acids is 1. The predicted octanol–water partition coefficient (Wildman–Crippen LogP) is 3.56. The maximum Gasteiger partial charge on any atom is 0.345 e. The van der Waals surface area contributed by atoms with Crippen molar-refractivity contribution in [1.82, 2.24) is 5.32 Å². The van der Waals surface area contributed by atoms with E-state index >= 15 is 0 Å². The summed E-state index contributed by atoms with van der Waals surface area (Å²) < 4.78 is 10.9. The fourth-order valence-electron chi connectivity index (χ4n) is 2.11. The molecule has 0 fully saturated rings. The summed E-state index contributed by atoms with van der Waals surface area (Å²) in [5.74, 6) is -0.112. The SMILES string of the molecule is CCCCOc1ccc(C(=O)NCc2ccc(C(=O)O)s2)cc1OC. The third kappa shape index (κ3) is 5.22. The Balaban J connectivity index is 1.99. The molecule has 0 radical (unpaired) electrons. The predicted molar refractivity (Wildman–Crippen MR) is 95.8 cm³/mol. The summed E-state index contributed by atoms with van der Waals surface area (Å²) in [6.45, 7) is 2.96. The van der Waals surface area contributed by atoms with Gasteiger partial charge in [-0.3, -0.25) is 4.79 Å². The number of carbonyl (C=O) groups is 2. The number of benzene rings is 1. The first-order valence-corrected chi connectivity index (χ1v) is 8.77. The van der Waals surface area contributed by atoms with Crippen molar-refractivity contribution in [2.45, 2.75) is 26.3 Å². The Morgan fingerprint density at radius 1 is 1.20 bits per heavy atom. The maximum atomic E-state index is 12.3. The number of ether oxygens (including phenoxy) is 2. The number of nitrogens with one attached hydrogen (secondary N) is 1. The van der Waals surface area contributed by atoms with Gasteiger partial charge in [0.2, 0.25) is 0 Å². The third-order valence-corrected chi connectivity index (χ3v) is 4.55. The van der Waals surface area contributed by atoms with Gasteiger partial charge in [0.05, 0.1) is 20.3 Å². The van der Waals surface area contributed by atoms with Gasteiger partial charge in [0, 0.05) is 10.4 Å². The molecule has 1 amide bonds. The summed E-state index contributed by atoms with van der Waals surface area (Å²) in [6.07, 6.45) is 1.99. The summed E-state index contributed by atoms with van der Waals surface area (Å²) in [6, 6.07) is 8.25. The lowest BCUT2D eigenvalue weighted by molar-refractivity contribution is 0.0702. The average Bonchev–Trinajstić information content (AvgIpc) is 3.09. The molecule has 1 aromatic heterocycles. The van der Waals surface area contributed by atoms with E-state index in [0.29, 0.717) is 23.7 Å². The van der Waals surface area contributed by atoms with Crippen LogP contribution in [0.4, 0.5) is 0 Å². The van der Waals surface area contributed by atoms with Crippen molar-refractivity contribution in [2.24, 2.45) is 0 Å². The van der Waals surface area contributed by atoms with Crippen LogP contribution in [0.25, 0.3) is 0 Å². The third-order valence-electron chi connectivity index (χ3n) is 3.48. The van der Waals surface area contributed by atoms with Gasteiger partial charge >= 0.3 is 5.97 Å². The molecule has 0 bridgehead atoms. The van der Waals surface area contributed by atoms with Gasteiger partial charge in [0.1, 0.15) is 4.88 Å². The molecular weight excluding hydrogens is 342 g/mol. The Hall–Kier alpha value is -2.54. The van der Waals surface area contributed by atoms with Crippen molar-refractivity contribution in [3.63, 3.8) is 0 Å². The molecule has 2 aromatic rings. The highest BCUT2D eigenvalue weighted by molar-refractivity contribution is 7.13. The van der Waals surface area contributed by atoms with Crippen LogP contribution in [0.5, 0.6) is 11.5 Å². The molecule has 2 N–H and O–H groups in total. The Labute approximate surface area is 150 Å². The minimum Gasteiger partial charge on any atom is -0.493 e. The Morgan fingerprint density at radius 3 is 2.64 bits per heavy atom. The highest BCUT2D eigenvalue weighted by Crippen LogP contribution is 2.28. The molecule has 1 heterocycles. The molecule has 6 nitrogen and oxygen atoms in total. The number of carboxylic acid groups (broad SMARTS) is 1. The second-order valence-corrected chi connectivity index (χ2v) is 6.49. The first-order chi connectivity index (χ1) is 12.0. The Bertz CT molecular complexity index is 741. The molecule has 0 aliphatic rings. The van der Waals surface area contributed by atoms with Crippen LogP contribution in [0, 0.1) is 0 Å². The van der Waals surface area contributed by atoms with Crippen molar-refractivity contribution in [3.05, 3.63) is 45.6 Å². The lowest BCUT2D eigenvalue weighted by atomic mass is 10.2. The second kappa shape index (κ2) is 9.08. The fraction of sp³-hybridized carbons (Fsp3) is 0.333. The topological polar surface area (TPSA) is 84.9 Å². The van der Waals surface area contributed by atoms with Crippen molar-refractivity contribution < 1.29 is 24.2 Å². The first kappa shape index (κ1) is 18.8. The lowest BCUT2D eigenvalue weighted by Crippen LogP contribution is -2.22. The summed E-state index contributed by atoms with van der Waals surface area (Å²) in [5.41, 5.74) is 0.453. The minimum atomic E-state index is -0.967. The second-order valence-electron chi connectivity index (χ2n) is 5.32. The molecule has 2 rings (SSSR count). The van der Waals surface area contributed by atoms with Crippen molar-refractivity contribution in [3.8, 4) is 11.5 Å². The van der Waals surface area contributed by atoms with Crippen LogP contribution in [0.2, 0.25) is 0 Å². The van der Waals surface area contributed by atoms with Crippen LogP contribution in [-0.4, -0.2) is 30.7 Å². The number of methoxy groups -OCH3 is 1. The van der Waals surface area contributed by atoms with E-state index in [1.54, 1.807) is 24.3 Å². The molecule has 0 saturated heterocycles. The number of thiophene rings is 1. The van der Waals surface area contributed by atoms with E-state index in [0.717, 1.165) is 29.1 Å². The number of carbonyl (C=O) groups excluding carboxylic acids is 1. The molecule has 1 aromatic carbocycles. The maximum absolute atomic E-state index is 12.3. The molecule has 0 saturated carbocycles. The van der Waals surface area contributed by atoms with Crippen LogP contribution in [0.15, 0.2) is 30.3 Å². The highest BCUT2D eigenvalue weighted by Gasteiger charge is 2.12. The van der Waals surface area contributed by atoms with Gasteiger partial charge in [-0.2, -0.15) is 0 Å². The zero-order chi connectivity index (χ0) is 18.2. The van der Waals surface area contributed by atoms with Gasteiger partial charge in [0.25, 0.3) is 5.91 Å². The van der Waals surface area contributed by atoms with Gasteiger partial charge in [-0.25, -0.2) is 4.79 Å². The minimum absolute atomic E-state index is 0.250. The molecule has 25 heavy (non-hydrogen) atoms. The summed E-state index contributed by atoms with van der Waals surface area (Å²) in [4.78, 5) is 24.2. The number of rotatable bonds is 9. The number of hydrogen-bond acceptors (Lipinski definition) is 5. The van der Waals surface area contributed by atoms with E-state index in [2.05, 4.69) is 12.2 Å². The molecule has 0 atom stereocenters. The molecule has 7 heteroatoms. The van der Waals surface area contributed by atoms with E-state index in [4.69, 9.17) is 14.6 Å². The largest absolute Gasteiger partial charge is 0.493 e. The molecule has 0 aliphatic carbocycles. The van der Waals surface area contributed by atoms with Crippen LogP contribution >= 0.6 is 11.3 Å². The van der Waals surface area contributed by atoms with E-state index in [-0.39, 0.29) is 17.3 Å². The highest BCUT2D eigenvalue weighted by atomic mass is 32.1. The smallest absolute Gasteiger partial charge is 0.345 e. The number of unbranched alkanes of at least 4 members (excludes halogenated alkanes) is 1. The van der Waals surface area contributed by atoms with Gasteiger partial charge in [-0.1, -0.05) is 13.3 Å².